The zero-order valence-electron chi connectivity index (χ0n) is 12.1. The molecule has 1 amide bonds. The van der Waals surface area contributed by atoms with Crippen molar-refractivity contribution in [3.63, 3.8) is 0 Å². The van der Waals surface area contributed by atoms with Gasteiger partial charge in [-0.3, -0.25) is 4.79 Å². The third-order valence-electron chi connectivity index (χ3n) is 3.35. The molecular formula is C14H22N4OS. The summed E-state index contributed by atoms with van der Waals surface area (Å²) in [6.07, 6.45) is 0. The van der Waals surface area contributed by atoms with E-state index in [1.165, 1.54) is 5.56 Å². The fourth-order valence-corrected chi connectivity index (χ4v) is 2.87. The number of rotatable bonds is 3. The second-order valence-corrected chi connectivity index (χ2v) is 5.57. The molecule has 2 heterocycles. The van der Waals surface area contributed by atoms with Gasteiger partial charge in [-0.05, 0) is 29.3 Å². The van der Waals surface area contributed by atoms with Crippen LogP contribution in [0.15, 0.2) is 21.8 Å². The van der Waals surface area contributed by atoms with Crippen molar-refractivity contribution in [2.75, 3.05) is 32.7 Å². The molecule has 5 nitrogen and oxygen atoms in total. The summed E-state index contributed by atoms with van der Waals surface area (Å²) in [5.74, 6) is 1.10. The Balaban J connectivity index is 1.95. The minimum absolute atomic E-state index is 0.157. The van der Waals surface area contributed by atoms with Crippen LogP contribution >= 0.6 is 11.3 Å². The highest BCUT2D eigenvalue weighted by Gasteiger charge is 2.20. The molecule has 1 fully saturated rings. The predicted molar refractivity (Wildman–Crippen MR) is 83.0 cm³/mol. The number of piperazine rings is 1. The Hall–Kier alpha value is -1.56. The topological polar surface area (TPSA) is 47.9 Å². The lowest BCUT2D eigenvalue weighted by Gasteiger charge is -2.36. The van der Waals surface area contributed by atoms with Crippen LogP contribution in [-0.2, 0) is 11.3 Å². The molecule has 0 spiro atoms. The third-order valence-corrected chi connectivity index (χ3v) is 4.08. The second-order valence-electron chi connectivity index (χ2n) is 4.79. The molecule has 0 aromatic carbocycles. The SMILES string of the molecule is CCNC(=NCc1ccsc1)N1CCN(C(C)=O)CC1. The van der Waals surface area contributed by atoms with Crippen LogP contribution in [0.25, 0.3) is 0 Å². The molecule has 0 unspecified atom stereocenters. The van der Waals surface area contributed by atoms with E-state index in [-0.39, 0.29) is 5.91 Å². The number of hydrogen-bond acceptors (Lipinski definition) is 3. The van der Waals surface area contributed by atoms with Gasteiger partial charge in [-0.2, -0.15) is 11.3 Å². The first kappa shape index (κ1) is 14.8. The van der Waals surface area contributed by atoms with Crippen LogP contribution in [0.3, 0.4) is 0 Å². The maximum absolute atomic E-state index is 11.3. The summed E-state index contributed by atoms with van der Waals surface area (Å²) in [7, 11) is 0. The van der Waals surface area contributed by atoms with Crippen LogP contribution in [0.5, 0.6) is 0 Å². The highest BCUT2D eigenvalue weighted by Crippen LogP contribution is 2.08. The van der Waals surface area contributed by atoms with E-state index in [1.54, 1.807) is 18.3 Å². The van der Waals surface area contributed by atoms with Crippen LogP contribution in [0.1, 0.15) is 19.4 Å². The quantitative estimate of drug-likeness (QED) is 0.677. The van der Waals surface area contributed by atoms with Gasteiger partial charge in [0.25, 0.3) is 0 Å². The Kier molecular flexibility index (Phi) is 5.40. The van der Waals surface area contributed by atoms with Crippen molar-refractivity contribution in [1.29, 1.82) is 0 Å². The molecule has 1 N–H and O–H groups in total. The Morgan fingerprint density at radius 3 is 2.60 bits per heavy atom. The van der Waals surface area contributed by atoms with Gasteiger partial charge in [0, 0.05) is 39.6 Å². The van der Waals surface area contributed by atoms with Gasteiger partial charge >= 0.3 is 0 Å². The lowest BCUT2D eigenvalue weighted by Crippen LogP contribution is -2.53. The number of aliphatic imine (C=N–C) groups is 1. The number of nitrogens with zero attached hydrogens (tertiary/aromatic N) is 3. The first-order chi connectivity index (χ1) is 9.70. The molecule has 0 bridgehead atoms. The summed E-state index contributed by atoms with van der Waals surface area (Å²) in [5, 5.41) is 7.53. The first-order valence-electron chi connectivity index (χ1n) is 7.00. The molecule has 20 heavy (non-hydrogen) atoms. The van der Waals surface area contributed by atoms with E-state index in [0.717, 1.165) is 38.7 Å². The largest absolute Gasteiger partial charge is 0.357 e. The fraction of sp³-hybridized carbons (Fsp3) is 0.571. The Morgan fingerprint density at radius 1 is 1.35 bits per heavy atom. The fourth-order valence-electron chi connectivity index (χ4n) is 2.21. The first-order valence-corrected chi connectivity index (χ1v) is 7.95. The van der Waals surface area contributed by atoms with Gasteiger partial charge in [0.1, 0.15) is 0 Å². The molecular weight excluding hydrogens is 272 g/mol. The summed E-state index contributed by atoms with van der Waals surface area (Å²) >= 11 is 1.70. The molecule has 1 aromatic rings. The van der Waals surface area contributed by atoms with Gasteiger partial charge in [-0.25, -0.2) is 4.99 Å². The lowest BCUT2D eigenvalue weighted by molar-refractivity contribution is -0.130. The van der Waals surface area contributed by atoms with Gasteiger partial charge in [-0.15, -0.1) is 0 Å². The number of nitrogens with one attached hydrogen (secondary N) is 1. The van der Waals surface area contributed by atoms with E-state index < -0.39 is 0 Å². The molecule has 6 heteroatoms. The van der Waals surface area contributed by atoms with E-state index in [9.17, 15) is 4.79 Å². The average Bonchev–Trinajstić information content (AvgIpc) is 2.97. The van der Waals surface area contributed by atoms with Crippen molar-refractivity contribution in [1.82, 2.24) is 15.1 Å². The van der Waals surface area contributed by atoms with Crippen molar-refractivity contribution < 1.29 is 4.79 Å². The van der Waals surface area contributed by atoms with Gasteiger partial charge in [0.05, 0.1) is 6.54 Å². The molecule has 1 saturated heterocycles. The van der Waals surface area contributed by atoms with Crippen molar-refractivity contribution in [2.24, 2.45) is 4.99 Å². The van der Waals surface area contributed by atoms with E-state index in [0.29, 0.717) is 6.54 Å². The molecule has 1 aromatic heterocycles. The van der Waals surface area contributed by atoms with Crippen molar-refractivity contribution in [2.45, 2.75) is 20.4 Å². The molecule has 0 aliphatic carbocycles. The summed E-state index contributed by atoms with van der Waals surface area (Å²) in [6.45, 7) is 8.51. The van der Waals surface area contributed by atoms with Gasteiger partial charge < -0.3 is 15.1 Å². The summed E-state index contributed by atoms with van der Waals surface area (Å²) in [5.41, 5.74) is 1.24. The number of carbonyl (C=O) groups is 1. The summed E-state index contributed by atoms with van der Waals surface area (Å²) < 4.78 is 0. The predicted octanol–water partition coefficient (Wildman–Crippen LogP) is 1.38. The minimum Gasteiger partial charge on any atom is -0.357 e. The molecule has 1 aliphatic rings. The van der Waals surface area contributed by atoms with E-state index >= 15 is 0 Å². The summed E-state index contributed by atoms with van der Waals surface area (Å²) in [4.78, 5) is 20.1. The number of hydrogen-bond donors (Lipinski definition) is 1. The number of guanidine groups is 1. The maximum atomic E-state index is 11.3. The van der Waals surface area contributed by atoms with Crippen molar-refractivity contribution in [3.05, 3.63) is 22.4 Å². The lowest BCUT2D eigenvalue weighted by atomic mass is 10.3. The average molecular weight is 294 g/mol. The molecule has 0 radical (unpaired) electrons. The third kappa shape index (κ3) is 3.96. The highest BCUT2D eigenvalue weighted by atomic mass is 32.1. The smallest absolute Gasteiger partial charge is 0.219 e. The van der Waals surface area contributed by atoms with Gasteiger partial charge in [-0.1, -0.05) is 0 Å². The van der Waals surface area contributed by atoms with Gasteiger partial charge in [0.2, 0.25) is 5.91 Å². The maximum Gasteiger partial charge on any atom is 0.219 e. The van der Waals surface area contributed by atoms with Crippen LogP contribution in [0, 0.1) is 0 Å². The van der Waals surface area contributed by atoms with Crippen LogP contribution in [0.4, 0.5) is 0 Å². The second kappa shape index (κ2) is 7.28. The van der Waals surface area contributed by atoms with Crippen LogP contribution < -0.4 is 5.32 Å². The summed E-state index contributed by atoms with van der Waals surface area (Å²) in [6, 6.07) is 2.10. The van der Waals surface area contributed by atoms with E-state index in [2.05, 4.69) is 39.0 Å². The number of amides is 1. The normalized spacial score (nSPS) is 16.4. The van der Waals surface area contributed by atoms with Crippen LogP contribution in [-0.4, -0.2) is 54.4 Å². The standard InChI is InChI=1S/C14H22N4OS/c1-3-15-14(16-10-13-4-9-20-11-13)18-7-5-17(6-8-18)12(2)19/h4,9,11H,3,5-8,10H2,1-2H3,(H,15,16). The minimum atomic E-state index is 0.157. The molecule has 2 rings (SSSR count). The monoisotopic (exact) mass is 294 g/mol. The Bertz CT molecular complexity index is 450. The van der Waals surface area contributed by atoms with E-state index in [1.807, 2.05) is 4.90 Å². The molecule has 1 aliphatic heterocycles. The number of carbonyl (C=O) groups excluding carboxylic acids is 1. The van der Waals surface area contributed by atoms with Crippen LogP contribution in [0.2, 0.25) is 0 Å². The molecule has 110 valence electrons. The molecule has 0 atom stereocenters. The zero-order valence-corrected chi connectivity index (χ0v) is 12.9. The Morgan fingerprint density at radius 2 is 2.05 bits per heavy atom. The highest BCUT2D eigenvalue weighted by molar-refractivity contribution is 7.07. The van der Waals surface area contributed by atoms with Crippen molar-refractivity contribution >= 4 is 23.2 Å². The Labute approximate surface area is 124 Å². The van der Waals surface area contributed by atoms with E-state index in [4.69, 9.17) is 0 Å². The number of thiophene rings is 1. The molecule has 0 saturated carbocycles. The van der Waals surface area contributed by atoms with Crippen molar-refractivity contribution in [3.8, 4) is 0 Å². The zero-order chi connectivity index (χ0) is 14.4. The van der Waals surface area contributed by atoms with Gasteiger partial charge in [0.15, 0.2) is 5.96 Å².